The van der Waals surface area contributed by atoms with Crippen molar-refractivity contribution in [3.8, 4) is 0 Å². The molecule has 2 amide bonds. The van der Waals surface area contributed by atoms with Crippen molar-refractivity contribution in [1.82, 2.24) is 21.3 Å². The summed E-state index contributed by atoms with van der Waals surface area (Å²) in [5.74, 6) is 0.228. The standard InChI is InChI=1S/C57H72N4O4/c1-37-14-16-40(17-15-37)51(41-18-24-44(25-19-41)55(2,3)4)49-31-47(35-58-49)64-53(62)60-33-38-12-11-13-39(30-38)34-61-54(63)65-48-32-50(59-36-48)52(42-20-26-45(27-21-42)56(5,6)7)43-22-28-46(29-23-43)57(8,9)10/h11-30,47-52,58-59H,31-36H2,1-10H3,(H,60,62)(H,61,63). The number of aryl methyl sites for hydroxylation is 1. The second-order valence-corrected chi connectivity index (χ2v) is 21.6. The SMILES string of the molecule is Cc1ccc(C(c2ccc(C(C)(C)C)cc2)C2CC(OC(=O)NCc3cccc(CNC(=O)OC4CNC(C(c5ccc(C(C)(C)C)cc5)c5ccc(C(C)(C)C)cc5)C4)c3)CN2)cc1. The maximum absolute atomic E-state index is 13.2. The van der Waals surface area contributed by atoms with Gasteiger partial charge in [0.15, 0.2) is 0 Å². The van der Waals surface area contributed by atoms with E-state index in [4.69, 9.17) is 9.47 Å². The van der Waals surface area contributed by atoms with Gasteiger partial charge in [0.25, 0.3) is 0 Å². The van der Waals surface area contributed by atoms with Crippen molar-refractivity contribution < 1.29 is 19.1 Å². The highest BCUT2D eigenvalue weighted by Crippen LogP contribution is 2.37. The Labute approximate surface area is 388 Å². The summed E-state index contributed by atoms with van der Waals surface area (Å²) in [5.41, 5.74) is 12.2. The number of ether oxygens (including phenoxy) is 2. The summed E-state index contributed by atoms with van der Waals surface area (Å²) in [7, 11) is 0. The lowest BCUT2D eigenvalue weighted by Crippen LogP contribution is -2.30. The van der Waals surface area contributed by atoms with Gasteiger partial charge in [-0.15, -0.1) is 0 Å². The number of benzene rings is 5. The molecule has 0 radical (unpaired) electrons. The van der Waals surface area contributed by atoms with Crippen molar-refractivity contribution >= 4 is 12.2 Å². The Morgan fingerprint density at radius 1 is 0.523 bits per heavy atom. The van der Waals surface area contributed by atoms with E-state index in [0.717, 1.165) is 11.1 Å². The van der Waals surface area contributed by atoms with Gasteiger partial charge >= 0.3 is 12.2 Å². The van der Waals surface area contributed by atoms with E-state index >= 15 is 0 Å². The molecule has 5 atom stereocenters. The van der Waals surface area contributed by atoms with Crippen molar-refractivity contribution in [2.75, 3.05) is 13.1 Å². The molecule has 4 N–H and O–H groups in total. The van der Waals surface area contributed by atoms with Crippen molar-refractivity contribution in [3.05, 3.63) is 177 Å². The summed E-state index contributed by atoms with van der Waals surface area (Å²) in [5, 5.41) is 13.3. The lowest BCUT2D eigenvalue weighted by Gasteiger charge is -2.27. The van der Waals surface area contributed by atoms with Crippen molar-refractivity contribution in [3.63, 3.8) is 0 Å². The maximum atomic E-state index is 13.2. The second-order valence-electron chi connectivity index (χ2n) is 21.6. The molecular formula is C57H72N4O4. The number of alkyl carbamates (subject to hydrolysis) is 2. The van der Waals surface area contributed by atoms with Crippen molar-refractivity contribution in [2.45, 2.75) is 148 Å². The zero-order valence-electron chi connectivity index (χ0n) is 40.4. The van der Waals surface area contributed by atoms with E-state index in [-0.39, 0.29) is 52.4 Å². The normalized spacial score (nSPS) is 19.5. The molecule has 2 heterocycles. The molecule has 8 heteroatoms. The van der Waals surface area contributed by atoms with Crippen molar-refractivity contribution in [1.29, 1.82) is 0 Å². The van der Waals surface area contributed by atoms with Gasteiger partial charge < -0.3 is 30.7 Å². The first-order valence-electron chi connectivity index (χ1n) is 23.6. The first-order valence-corrected chi connectivity index (χ1v) is 23.6. The van der Waals surface area contributed by atoms with Gasteiger partial charge in [0.2, 0.25) is 0 Å². The number of hydrogen-bond acceptors (Lipinski definition) is 6. The van der Waals surface area contributed by atoms with Crippen LogP contribution in [0.1, 0.15) is 143 Å². The molecule has 7 rings (SSSR count). The quantitative estimate of drug-likeness (QED) is 0.0996. The minimum Gasteiger partial charge on any atom is -0.445 e. The Kier molecular flexibility index (Phi) is 14.6. The van der Waals surface area contributed by atoms with Crippen molar-refractivity contribution in [2.24, 2.45) is 0 Å². The second kappa shape index (κ2) is 20.0. The predicted molar refractivity (Wildman–Crippen MR) is 264 cm³/mol. The van der Waals surface area contributed by atoms with Gasteiger partial charge in [-0.2, -0.15) is 0 Å². The average Bonchev–Trinajstić information content (AvgIpc) is 3.92. The smallest absolute Gasteiger partial charge is 0.407 e. The number of carbonyl (C=O) groups is 2. The topological polar surface area (TPSA) is 101 Å². The molecule has 344 valence electrons. The van der Waals surface area contributed by atoms with Crippen LogP contribution in [0, 0.1) is 6.92 Å². The van der Waals surface area contributed by atoms with Gasteiger partial charge in [0, 0.05) is 62.9 Å². The predicted octanol–water partition coefficient (Wildman–Crippen LogP) is 11.5. The highest BCUT2D eigenvalue weighted by Gasteiger charge is 2.36. The lowest BCUT2D eigenvalue weighted by molar-refractivity contribution is 0.104. The fraction of sp³-hybridized carbons (Fsp3) is 0.439. The van der Waals surface area contributed by atoms with E-state index < -0.39 is 12.2 Å². The van der Waals surface area contributed by atoms with Crippen LogP contribution in [0.3, 0.4) is 0 Å². The Balaban J connectivity index is 0.898. The minimum absolute atomic E-state index is 0.0683. The first kappa shape index (κ1) is 47.5. The van der Waals surface area contributed by atoms with Gasteiger partial charge in [0.1, 0.15) is 12.2 Å². The van der Waals surface area contributed by atoms with Gasteiger partial charge in [-0.3, -0.25) is 0 Å². The number of hydrogen-bond donors (Lipinski definition) is 4. The number of amides is 2. The fourth-order valence-corrected chi connectivity index (χ4v) is 9.40. The van der Waals surface area contributed by atoms with E-state index in [2.05, 4.69) is 188 Å². The highest BCUT2D eigenvalue weighted by molar-refractivity contribution is 5.68. The zero-order valence-corrected chi connectivity index (χ0v) is 40.4. The molecule has 8 nitrogen and oxygen atoms in total. The summed E-state index contributed by atoms with van der Waals surface area (Å²) < 4.78 is 11.9. The molecule has 0 aliphatic carbocycles. The Morgan fingerprint density at radius 2 is 0.846 bits per heavy atom. The Hall–Kier alpha value is -5.44. The van der Waals surface area contributed by atoms with Crippen LogP contribution in [0.5, 0.6) is 0 Å². The molecule has 0 saturated carbocycles. The molecule has 5 aromatic carbocycles. The summed E-state index contributed by atoms with van der Waals surface area (Å²) >= 11 is 0. The van der Waals surface area contributed by atoms with Crippen LogP contribution < -0.4 is 21.3 Å². The summed E-state index contributed by atoms with van der Waals surface area (Å²) in [4.78, 5) is 26.3. The van der Waals surface area contributed by atoms with Gasteiger partial charge in [-0.25, -0.2) is 9.59 Å². The Morgan fingerprint density at radius 3 is 1.17 bits per heavy atom. The third kappa shape index (κ3) is 12.5. The zero-order chi connectivity index (χ0) is 46.5. The summed E-state index contributed by atoms with van der Waals surface area (Å²) in [6.07, 6.45) is 0.0124. The molecular weight excluding hydrogens is 805 g/mol. The molecule has 0 aromatic heterocycles. The lowest BCUT2D eigenvalue weighted by atomic mass is 9.80. The largest absolute Gasteiger partial charge is 0.445 e. The molecule has 5 unspecified atom stereocenters. The maximum Gasteiger partial charge on any atom is 0.407 e. The fourth-order valence-electron chi connectivity index (χ4n) is 9.40. The van der Waals surface area contributed by atoms with E-state index in [1.807, 2.05) is 24.3 Å². The monoisotopic (exact) mass is 877 g/mol. The van der Waals surface area contributed by atoms with Crippen LogP contribution in [0.15, 0.2) is 121 Å². The Bertz CT molecular complexity index is 2300. The first-order chi connectivity index (χ1) is 30.8. The molecule has 0 bridgehead atoms. The van der Waals surface area contributed by atoms with Crippen LogP contribution in [0.2, 0.25) is 0 Å². The van der Waals surface area contributed by atoms with E-state index in [0.29, 0.717) is 39.0 Å². The van der Waals surface area contributed by atoms with Crippen LogP contribution in [0.4, 0.5) is 9.59 Å². The summed E-state index contributed by atoms with van der Waals surface area (Å²) in [6, 6.07) is 43.8. The van der Waals surface area contributed by atoms with E-state index in [1.54, 1.807) is 0 Å². The number of nitrogens with one attached hydrogen (secondary N) is 4. The summed E-state index contributed by atoms with van der Waals surface area (Å²) in [6.45, 7) is 24.0. The van der Waals surface area contributed by atoms with Gasteiger partial charge in [-0.05, 0) is 73.2 Å². The third-order valence-electron chi connectivity index (χ3n) is 13.3. The van der Waals surface area contributed by atoms with Gasteiger partial charge in [-0.1, -0.05) is 189 Å². The molecule has 2 fully saturated rings. The van der Waals surface area contributed by atoms with E-state index in [9.17, 15) is 9.59 Å². The van der Waals surface area contributed by atoms with Crippen LogP contribution in [0.25, 0.3) is 0 Å². The van der Waals surface area contributed by atoms with Crippen LogP contribution >= 0.6 is 0 Å². The van der Waals surface area contributed by atoms with Gasteiger partial charge in [0.05, 0.1) is 0 Å². The van der Waals surface area contributed by atoms with Crippen LogP contribution in [-0.4, -0.2) is 49.6 Å². The number of rotatable bonds is 12. The molecule has 5 aromatic rings. The average molecular weight is 877 g/mol. The van der Waals surface area contributed by atoms with E-state index in [1.165, 1.54) is 44.5 Å². The third-order valence-corrected chi connectivity index (χ3v) is 13.3. The molecule has 65 heavy (non-hydrogen) atoms. The molecule has 2 aliphatic heterocycles. The van der Waals surface area contributed by atoms with Crippen LogP contribution in [-0.2, 0) is 38.8 Å². The minimum atomic E-state index is -0.444. The molecule has 0 spiro atoms. The molecule has 2 aliphatic rings. The molecule has 2 saturated heterocycles. The number of carbonyl (C=O) groups excluding carboxylic acids is 2. The highest BCUT2D eigenvalue weighted by atomic mass is 16.6.